The normalized spacial score (nSPS) is 23.1. The van der Waals surface area contributed by atoms with Crippen molar-refractivity contribution in [3.05, 3.63) is 54.1 Å². The van der Waals surface area contributed by atoms with Crippen LogP contribution in [0.3, 0.4) is 0 Å². The summed E-state index contributed by atoms with van der Waals surface area (Å²) in [5.41, 5.74) is 5.82. The van der Waals surface area contributed by atoms with Gasteiger partial charge in [-0.15, -0.1) is 0 Å². The van der Waals surface area contributed by atoms with E-state index in [1.54, 1.807) is 30.3 Å². The quantitative estimate of drug-likeness (QED) is 0.183. The lowest BCUT2D eigenvalue weighted by atomic mass is 10.1. The summed E-state index contributed by atoms with van der Waals surface area (Å²) in [5, 5.41) is 20.1. The third-order valence-corrected chi connectivity index (χ3v) is 6.05. The molecule has 1 fully saturated rings. The van der Waals surface area contributed by atoms with Gasteiger partial charge >= 0.3 is 6.03 Å². The van der Waals surface area contributed by atoms with Crippen molar-refractivity contribution in [2.45, 2.75) is 44.0 Å². The van der Waals surface area contributed by atoms with Crippen molar-refractivity contribution in [3.8, 4) is 0 Å². The van der Waals surface area contributed by atoms with Crippen molar-refractivity contribution in [2.24, 2.45) is 0 Å². The van der Waals surface area contributed by atoms with Gasteiger partial charge < -0.3 is 40.8 Å². The number of aromatic amines is 1. The number of urea groups is 1. The summed E-state index contributed by atoms with van der Waals surface area (Å²) in [6.07, 6.45) is 1.72. The highest BCUT2D eigenvalue weighted by molar-refractivity contribution is 5.93. The molecule has 1 aromatic heterocycles. The van der Waals surface area contributed by atoms with Crippen molar-refractivity contribution in [2.75, 3.05) is 33.0 Å². The molecule has 2 heterocycles. The molecule has 1 saturated heterocycles. The van der Waals surface area contributed by atoms with Gasteiger partial charge in [0.25, 0.3) is 11.8 Å². The first-order valence-electron chi connectivity index (χ1n) is 13.3. The summed E-state index contributed by atoms with van der Waals surface area (Å²) in [7, 11) is 0. The zero-order chi connectivity index (χ0) is 30.3. The van der Waals surface area contributed by atoms with Crippen LogP contribution < -0.4 is 32.1 Å². The van der Waals surface area contributed by atoms with E-state index in [9.17, 15) is 29.1 Å². The minimum absolute atomic E-state index is 0.0322. The zero-order valence-electron chi connectivity index (χ0n) is 23.1. The zero-order valence-corrected chi connectivity index (χ0v) is 23.1. The molecule has 0 radical (unpaired) electrons. The van der Waals surface area contributed by atoms with Crippen LogP contribution in [-0.2, 0) is 41.5 Å². The van der Waals surface area contributed by atoms with Crippen LogP contribution in [0.2, 0.25) is 0 Å². The summed E-state index contributed by atoms with van der Waals surface area (Å²) in [4.78, 5) is 70.9. The Labute approximate surface area is 241 Å². The number of hydrogen-bond donors (Lipinski definition) is 8. The molecule has 42 heavy (non-hydrogen) atoms. The van der Waals surface area contributed by atoms with E-state index in [-0.39, 0.29) is 45.8 Å². The van der Waals surface area contributed by atoms with E-state index >= 15 is 0 Å². The Hall–Kier alpha value is -4.54. The predicted octanol–water partition coefficient (Wildman–Crippen LogP) is -2.59. The molecule has 0 spiro atoms. The van der Waals surface area contributed by atoms with Gasteiger partial charge in [-0.2, -0.15) is 0 Å². The molecule has 6 amide bonds. The van der Waals surface area contributed by atoms with Gasteiger partial charge in [0.15, 0.2) is 0 Å². The Morgan fingerprint density at radius 3 is 2.24 bits per heavy atom. The number of benzene rings is 1. The van der Waals surface area contributed by atoms with E-state index in [1.807, 2.05) is 0 Å². The summed E-state index contributed by atoms with van der Waals surface area (Å²) in [6.45, 7) is 1.34. The first kappa shape index (κ1) is 32.0. The lowest BCUT2D eigenvalue weighted by Crippen LogP contribution is -2.60. The highest BCUT2D eigenvalue weighted by atomic mass is 16.5. The number of aromatic nitrogens is 2. The Bertz CT molecular complexity index is 1180. The molecule has 1 aliphatic heterocycles. The molecular formula is C26H36N8O8. The molecule has 16 nitrogen and oxygen atoms in total. The number of ether oxygens (including phenoxy) is 2. The second-order valence-electron chi connectivity index (χ2n) is 9.41. The van der Waals surface area contributed by atoms with Crippen LogP contribution in [0.5, 0.6) is 0 Å². The molecule has 8 N–H and O–H groups in total. The third-order valence-electron chi connectivity index (χ3n) is 6.05. The largest absolute Gasteiger partial charge is 0.391 e. The van der Waals surface area contributed by atoms with Crippen molar-refractivity contribution in [1.29, 1.82) is 0 Å². The molecule has 228 valence electrons. The smallest absolute Gasteiger partial charge is 0.316 e. The molecule has 0 saturated carbocycles. The summed E-state index contributed by atoms with van der Waals surface area (Å²) >= 11 is 0. The van der Waals surface area contributed by atoms with Crippen molar-refractivity contribution < 1.29 is 38.6 Å². The highest BCUT2D eigenvalue weighted by Gasteiger charge is 2.29. The van der Waals surface area contributed by atoms with Gasteiger partial charge in [-0.1, -0.05) is 30.3 Å². The Morgan fingerprint density at radius 1 is 0.881 bits per heavy atom. The topological polar surface area (TPSA) is 225 Å². The number of nitrogens with zero attached hydrogens (tertiary/aromatic N) is 1. The number of H-pyrrole nitrogens is 1. The monoisotopic (exact) mass is 588 g/mol. The van der Waals surface area contributed by atoms with E-state index in [1.165, 1.54) is 19.4 Å². The second kappa shape index (κ2) is 16.7. The van der Waals surface area contributed by atoms with E-state index in [4.69, 9.17) is 9.47 Å². The Balaban J connectivity index is 1.78. The Morgan fingerprint density at radius 2 is 1.57 bits per heavy atom. The van der Waals surface area contributed by atoms with E-state index in [2.05, 4.69) is 42.1 Å². The maximum absolute atomic E-state index is 13.2. The molecule has 3 rings (SSSR count). The SMILES string of the molecule is CC(O)C1NC(=O)N[C@@H](Cc2ccccc2)C(=O)NNC(=O)[C@H](Cc2cnc[nH]2)NC(=O)COCCOCCNC1=O. The fourth-order valence-corrected chi connectivity index (χ4v) is 3.91. The number of amides is 6. The third kappa shape index (κ3) is 10.8. The van der Waals surface area contributed by atoms with Crippen molar-refractivity contribution >= 4 is 29.7 Å². The second-order valence-corrected chi connectivity index (χ2v) is 9.41. The van der Waals surface area contributed by atoms with Gasteiger partial charge in [-0.05, 0) is 12.5 Å². The van der Waals surface area contributed by atoms with Crippen LogP contribution in [0.15, 0.2) is 42.9 Å². The van der Waals surface area contributed by atoms with Crippen LogP contribution in [0, 0.1) is 0 Å². The number of imidazole rings is 1. The molecule has 16 heteroatoms. The molecular weight excluding hydrogens is 552 g/mol. The fourth-order valence-electron chi connectivity index (χ4n) is 3.91. The number of hydrogen-bond acceptors (Lipinski definition) is 9. The van der Waals surface area contributed by atoms with Gasteiger partial charge in [0.2, 0.25) is 11.8 Å². The van der Waals surface area contributed by atoms with Gasteiger partial charge in [0, 0.05) is 31.3 Å². The molecule has 0 aliphatic carbocycles. The number of carbonyl (C=O) groups is 5. The molecule has 2 aromatic rings. The van der Waals surface area contributed by atoms with Gasteiger partial charge in [0.1, 0.15) is 24.7 Å². The average Bonchev–Trinajstić information content (AvgIpc) is 3.48. The number of carbonyl (C=O) groups excluding carboxylic acids is 5. The van der Waals surface area contributed by atoms with Crippen LogP contribution >= 0.6 is 0 Å². The highest BCUT2D eigenvalue weighted by Crippen LogP contribution is 2.05. The first-order chi connectivity index (χ1) is 20.2. The first-order valence-corrected chi connectivity index (χ1v) is 13.3. The molecule has 4 atom stereocenters. The lowest BCUT2D eigenvalue weighted by Gasteiger charge is -2.24. The van der Waals surface area contributed by atoms with Crippen LogP contribution in [-0.4, -0.2) is 102 Å². The molecule has 0 bridgehead atoms. The standard InChI is InChI=1S/C26H36N8O8/c1-16(35)22-25(39)28-7-8-41-9-10-42-14-21(36)30-20(12-18-13-27-15-29-18)24(38)34-33-23(37)19(31-26(40)32-22)11-17-5-3-2-4-6-17/h2-6,13,15-16,19-20,22,35H,7-12,14H2,1H3,(H,27,29)(H,28,39)(H,30,36)(H,33,37)(H,34,38)(H2,31,32,40)/t16?,19-,20-,22?/m0/s1. The number of aliphatic hydroxyl groups excluding tert-OH is 1. The van der Waals surface area contributed by atoms with Gasteiger partial charge in [-0.3, -0.25) is 30.0 Å². The van der Waals surface area contributed by atoms with Crippen molar-refractivity contribution in [3.63, 3.8) is 0 Å². The average molecular weight is 589 g/mol. The van der Waals surface area contributed by atoms with Crippen LogP contribution in [0.1, 0.15) is 18.2 Å². The van der Waals surface area contributed by atoms with E-state index in [0.29, 0.717) is 11.3 Å². The minimum atomic E-state index is -1.33. The summed E-state index contributed by atoms with van der Waals surface area (Å²) in [5.74, 6) is -2.77. The summed E-state index contributed by atoms with van der Waals surface area (Å²) in [6, 6.07) is 4.25. The fraction of sp³-hybridized carbons (Fsp3) is 0.462. The van der Waals surface area contributed by atoms with Crippen LogP contribution in [0.4, 0.5) is 4.79 Å². The molecule has 2 unspecified atom stereocenters. The number of nitrogens with one attached hydrogen (secondary N) is 7. The summed E-state index contributed by atoms with van der Waals surface area (Å²) < 4.78 is 10.7. The predicted molar refractivity (Wildman–Crippen MR) is 146 cm³/mol. The van der Waals surface area contributed by atoms with Crippen molar-refractivity contribution in [1.82, 2.24) is 42.1 Å². The van der Waals surface area contributed by atoms with E-state index < -0.39 is 53.9 Å². The lowest BCUT2D eigenvalue weighted by molar-refractivity contribution is -0.134. The maximum Gasteiger partial charge on any atom is 0.316 e. The van der Waals surface area contributed by atoms with Gasteiger partial charge in [-0.25, -0.2) is 9.78 Å². The molecule has 1 aliphatic rings. The molecule has 1 aromatic carbocycles. The van der Waals surface area contributed by atoms with E-state index in [0.717, 1.165) is 0 Å². The van der Waals surface area contributed by atoms with Gasteiger partial charge in [0.05, 0.1) is 32.3 Å². The van der Waals surface area contributed by atoms with Crippen LogP contribution in [0.25, 0.3) is 0 Å². The Kier molecular flexibility index (Phi) is 12.7. The minimum Gasteiger partial charge on any atom is -0.391 e. The number of hydrazine groups is 1. The maximum atomic E-state index is 13.2. The number of aliphatic hydroxyl groups is 1. The number of rotatable bonds is 5.